The zero-order valence-corrected chi connectivity index (χ0v) is 19.9. The van der Waals surface area contributed by atoms with Crippen LogP contribution in [-0.2, 0) is 11.3 Å². The normalized spacial score (nSPS) is 16.0. The van der Waals surface area contributed by atoms with Crippen LogP contribution in [0, 0.1) is 12.7 Å². The van der Waals surface area contributed by atoms with Crippen LogP contribution in [-0.4, -0.2) is 70.1 Å². The first kappa shape index (κ1) is 25.9. The molecule has 0 radical (unpaired) electrons. The van der Waals surface area contributed by atoms with E-state index in [0.29, 0.717) is 50.4 Å². The number of anilines is 2. The molecule has 0 saturated carbocycles. The number of carbonyl (C=O) groups is 3. The first-order valence-electron chi connectivity index (χ1n) is 11.5. The number of rotatable bonds is 8. The summed E-state index contributed by atoms with van der Waals surface area (Å²) in [6.07, 6.45) is 1.91. The molecule has 1 saturated heterocycles. The van der Waals surface area contributed by atoms with Crippen molar-refractivity contribution < 1.29 is 23.9 Å². The van der Waals surface area contributed by atoms with Gasteiger partial charge in [0.05, 0.1) is 17.6 Å². The van der Waals surface area contributed by atoms with Crippen molar-refractivity contribution in [3.8, 4) is 0 Å². The average Bonchev–Trinajstić information content (AvgIpc) is 2.81. The van der Waals surface area contributed by atoms with Gasteiger partial charge in [-0.3, -0.25) is 14.7 Å². The molecule has 1 fully saturated rings. The third-order valence-corrected chi connectivity index (χ3v) is 5.71. The number of nitrogens with zero attached hydrogens (tertiary/aromatic N) is 3. The van der Waals surface area contributed by atoms with Crippen LogP contribution in [0.4, 0.5) is 25.4 Å². The Labute approximate surface area is 203 Å². The van der Waals surface area contributed by atoms with Gasteiger partial charge in [0.1, 0.15) is 0 Å². The van der Waals surface area contributed by atoms with Crippen molar-refractivity contribution in [2.24, 2.45) is 0 Å². The second-order valence-corrected chi connectivity index (χ2v) is 8.55. The number of hydrogen-bond donors (Lipinski definition) is 4. The van der Waals surface area contributed by atoms with Crippen molar-refractivity contribution in [2.45, 2.75) is 39.3 Å². The van der Waals surface area contributed by atoms with Crippen LogP contribution in [0.2, 0.25) is 0 Å². The summed E-state index contributed by atoms with van der Waals surface area (Å²) in [5.74, 6) is -1.40. The van der Waals surface area contributed by atoms with Gasteiger partial charge in [0.2, 0.25) is 0 Å². The quantitative estimate of drug-likeness (QED) is 0.424. The number of aliphatic carboxylic acids is 1. The fourth-order valence-corrected chi connectivity index (χ4v) is 3.88. The lowest BCUT2D eigenvalue weighted by molar-refractivity contribution is -0.137. The lowest BCUT2D eigenvalue weighted by Gasteiger charge is -2.39. The van der Waals surface area contributed by atoms with Crippen LogP contribution < -0.4 is 16.0 Å². The molecule has 4 N–H and O–H groups in total. The minimum atomic E-state index is -0.892. The maximum atomic E-state index is 15.1. The van der Waals surface area contributed by atoms with Crippen LogP contribution in [0.3, 0.4) is 0 Å². The Morgan fingerprint density at radius 1 is 1.17 bits per heavy atom. The highest BCUT2D eigenvalue weighted by Crippen LogP contribution is 2.21. The van der Waals surface area contributed by atoms with E-state index in [9.17, 15) is 14.4 Å². The van der Waals surface area contributed by atoms with Gasteiger partial charge in [-0.05, 0) is 38.5 Å². The SMILES string of the molecule is Cc1ccc(NC(=O)Nc2cccc(CN3CCN(C(=O)NCCCC(=O)O)[C@H](C)C3)c2F)cn1. The molecule has 188 valence electrons. The summed E-state index contributed by atoms with van der Waals surface area (Å²) in [6.45, 7) is 5.98. The van der Waals surface area contributed by atoms with E-state index in [0.717, 1.165) is 5.69 Å². The molecule has 3 rings (SSSR count). The van der Waals surface area contributed by atoms with Crippen molar-refractivity contribution in [1.29, 1.82) is 0 Å². The van der Waals surface area contributed by atoms with Crippen molar-refractivity contribution in [3.63, 3.8) is 0 Å². The number of hydrogen-bond acceptors (Lipinski definition) is 5. The zero-order valence-electron chi connectivity index (χ0n) is 19.9. The number of urea groups is 2. The first-order valence-corrected chi connectivity index (χ1v) is 11.5. The number of nitrogens with one attached hydrogen (secondary N) is 3. The van der Waals surface area contributed by atoms with E-state index in [-0.39, 0.29) is 24.2 Å². The van der Waals surface area contributed by atoms with Crippen molar-refractivity contribution in [2.75, 3.05) is 36.8 Å². The Bertz CT molecular complexity index is 1050. The van der Waals surface area contributed by atoms with E-state index in [4.69, 9.17) is 5.11 Å². The van der Waals surface area contributed by atoms with Crippen LogP contribution in [0.25, 0.3) is 0 Å². The van der Waals surface area contributed by atoms with E-state index in [1.165, 1.54) is 12.3 Å². The number of pyridine rings is 1. The molecule has 1 atom stereocenters. The fourth-order valence-electron chi connectivity index (χ4n) is 3.88. The number of carboxylic acid groups (broad SMARTS) is 1. The topological polar surface area (TPSA) is 127 Å². The van der Waals surface area contributed by atoms with Gasteiger partial charge in [-0.1, -0.05) is 12.1 Å². The van der Waals surface area contributed by atoms with E-state index in [1.807, 2.05) is 13.8 Å². The number of amides is 4. The molecule has 0 aliphatic carbocycles. The number of carboxylic acids is 1. The van der Waals surface area contributed by atoms with Crippen molar-refractivity contribution in [1.82, 2.24) is 20.1 Å². The molecule has 10 nitrogen and oxygen atoms in total. The second kappa shape index (κ2) is 12.1. The molecular formula is C24H31FN6O4. The summed E-state index contributed by atoms with van der Waals surface area (Å²) in [7, 11) is 0. The van der Waals surface area contributed by atoms with Crippen LogP contribution in [0.1, 0.15) is 31.0 Å². The Hall–Kier alpha value is -3.73. The molecule has 1 aliphatic heterocycles. The van der Waals surface area contributed by atoms with Crippen molar-refractivity contribution in [3.05, 3.63) is 53.6 Å². The van der Waals surface area contributed by atoms with Crippen LogP contribution >= 0.6 is 0 Å². The highest BCUT2D eigenvalue weighted by molar-refractivity contribution is 5.99. The predicted octanol–water partition coefficient (Wildman–Crippen LogP) is 3.25. The predicted molar refractivity (Wildman–Crippen MR) is 130 cm³/mol. The van der Waals surface area contributed by atoms with Gasteiger partial charge >= 0.3 is 18.0 Å². The third-order valence-electron chi connectivity index (χ3n) is 5.71. The number of piperazine rings is 1. The maximum Gasteiger partial charge on any atom is 0.323 e. The van der Waals surface area contributed by atoms with Crippen LogP contribution in [0.15, 0.2) is 36.5 Å². The van der Waals surface area contributed by atoms with E-state index in [1.54, 1.807) is 29.2 Å². The molecule has 2 heterocycles. The summed E-state index contributed by atoms with van der Waals surface area (Å²) < 4.78 is 15.1. The molecule has 35 heavy (non-hydrogen) atoms. The standard InChI is InChI=1S/C24H31FN6O4/c1-16-8-9-19(13-27-16)28-23(34)29-20-6-3-5-18(22(20)25)15-30-11-12-31(17(2)14-30)24(35)26-10-4-7-21(32)33/h3,5-6,8-9,13,17H,4,7,10-12,14-15H2,1-2H3,(H,26,35)(H,32,33)(H2,28,29,34)/t17-/m1/s1. The van der Waals surface area contributed by atoms with Gasteiger partial charge in [-0.15, -0.1) is 0 Å². The number of carbonyl (C=O) groups excluding carboxylic acids is 2. The highest BCUT2D eigenvalue weighted by atomic mass is 19.1. The lowest BCUT2D eigenvalue weighted by atomic mass is 10.1. The minimum absolute atomic E-state index is 0.00785. The van der Waals surface area contributed by atoms with Gasteiger partial charge in [0.15, 0.2) is 5.82 Å². The minimum Gasteiger partial charge on any atom is -0.481 e. The third kappa shape index (κ3) is 7.64. The maximum absolute atomic E-state index is 15.1. The molecule has 1 aromatic heterocycles. The average molecular weight is 487 g/mol. The molecule has 2 aromatic rings. The Morgan fingerprint density at radius 2 is 1.97 bits per heavy atom. The second-order valence-electron chi connectivity index (χ2n) is 8.55. The molecule has 0 spiro atoms. The molecule has 1 aromatic carbocycles. The van der Waals surface area contributed by atoms with E-state index < -0.39 is 17.8 Å². The number of aromatic nitrogens is 1. The highest BCUT2D eigenvalue weighted by Gasteiger charge is 2.28. The Kier molecular flexibility index (Phi) is 8.96. The zero-order chi connectivity index (χ0) is 25.4. The van der Waals surface area contributed by atoms with Gasteiger partial charge in [-0.2, -0.15) is 0 Å². The monoisotopic (exact) mass is 486 g/mol. The van der Waals surface area contributed by atoms with Crippen molar-refractivity contribution >= 4 is 29.4 Å². The lowest BCUT2D eigenvalue weighted by Crippen LogP contribution is -2.56. The number of aryl methyl sites for hydroxylation is 1. The molecule has 0 bridgehead atoms. The van der Waals surface area contributed by atoms with Gasteiger partial charge < -0.3 is 26.0 Å². The smallest absolute Gasteiger partial charge is 0.323 e. The Balaban J connectivity index is 1.52. The van der Waals surface area contributed by atoms with Gasteiger partial charge in [0, 0.05) is 56.4 Å². The van der Waals surface area contributed by atoms with E-state index >= 15 is 4.39 Å². The molecule has 4 amide bonds. The summed E-state index contributed by atoms with van der Waals surface area (Å²) in [4.78, 5) is 43.2. The fraction of sp³-hybridized carbons (Fsp3) is 0.417. The number of halogens is 1. The van der Waals surface area contributed by atoms with E-state index in [2.05, 4.69) is 25.8 Å². The first-order chi connectivity index (χ1) is 16.7. The summed E-state index contributed by atoms with van der Waals surface area (Å²) in [5.41, 5.74) is 1.84. The van der Waals surface area contributed by atoms with Gasteiger partial charge in [0.25, 0.3) is 0 Å². The molecular weight excluding hydrogens is 455 g/mol. The van der Waals surface area contributed by atoms with Gasteiger partial charge in [-0.25, -0.2) is 14.0 Å². The summed E-state index contributed by atoms with van der Waals surface area (Å²) in [6, 6.07) is 7.45. The van der Waals surface area contributed by atoms with Crippen LogP contribution in [0.5, 0.6) is 0 Å². The summed E-state index contributed by atoms with van der Waals surface area (Å²) in [5, 5.41) is 16.6. The molecule has 0 unspecified atom stereocenters. The summed E-state index contributed by atoms with van der Waals surface area (Å²) >= 11 is 0. The molecule has 11 heteroatoms. The Morgan fingerprint density at radius 3 is 2.66 bits per heavy atom. The largest absolute Gasteiger partial charge is 0.481 e. The number of benzene rings is 1. The molecule has 1 aliphatic rings.